The molecule has 0 saturated heterocycles. The smallest absolute Gasteiger partial charge is 0.335 e. The molecule has 0 bridgehead atoms. The molecule has 2 rings (SSSR count). The van der Waals surface area contributed by atoms with E-state index in [1.165, 1.54) is 25.0 Å². The van der Waals surface area contributed by atoms with Crippen LogP contribution in [0.4, 0.5) is 5.69 Å². The van der Waals surface area contributed by atoms with Gasteiger partial charge in [0.2, 0.25) is 0 Å². The van der Waals surface area contributed by atoms with Gasteiger partial charge in [-0.3, -0.25) is 0 Å². The molecular formula is C15H20BrNO6S. The van der Waals surface area contributed by atoms with Gasteiger partial charge in [0.1, 0.15) is 6.73 Å². The van der Waals surface area contributed by atoms with E-state index in [2.05, 4.69) is 21.2 Å². The zero-order chi connectivity index (χ0) is 17.6. The van der Waals surface area contributed by atoms with Crippen LogP contribution in [0.3, 0.4) is 0 Å². The summed E-state index contributed by atoms with van der Waals surface area (Å²) >= 11 is 3.05. The van der Waals surface area contributed by atoms with E-state index >= 15 is 0 Å². The van der Waals surface area contributed by atoms with Gasteiger partial charge in [-0.15, -0.1) is 0 Å². The normalized spacial score (nSPS) is 14.5. The van der Waals surface area contributed by atoms with Crippen LogP contribution in [-0.2, 0) is 25.6 Å². The lowest BCUT2D eigenvalue weighted by molar-refractivity contribution is 0.0696. The molecule has 1 saturated carbocycles. The van der Waals surface area contributed by atoms with E-state index in [0.29, 0.717) is 29.1 Å². The molecule has 0 amide bonds. The van der Waals surface area contributed by atoms with Crippen LogP contribution < -0.4 is 5.32 Å². The van der Waals surface area contributed by atoms with Crippen LogP contribution in [0.5, 0.6) is 0 Å². The van der Waals surface area contributed by atoms with Gasteiger partial charge in [0, 0.05) is 23.2 Å². The van der Waals surface area contributed by atoms with Crippen LogP contribution >= 0.6 is 15.9 Å². The summed E-state index contributed by atoms with van der Waals surface area (Å²) in [5.74, 6) is -0.549. The second-order valence-electron chi connectivity index (χ2n) is 5.53. The number of ether oxygens (including phenoxy) is 1. The van der Waals surface area contributed by atoms with Gasteiger partial charge >= 0.3 is 5.97 Å². The Morgan fingerprint density at radius 1 is 1.38 bits per heavy atom. The third kappa shape index (κ3) is 6.39. The monoisotopic (exact) mass is 421 g/mol. The standard InChI is InChI=1S/C15H20BrNO6S/c16-5-6-24(20,21)23-10-17-14-4-3-12(15(18)19)7-13(14)9-22-8-11-1-2-11/h3-4,7,11,17H,1-2,5-6,8-10H2,(H,18,19). The van der Waals surface area contributed by atoms with E-state index in [0.717, 1.165) is 0 Å². The van der Waals surface area contributed by atoms with E-state index in [1.807, 2.05) is 0 Å². The van der Waals surface area contributed by atoms with Crippen LogP contribution in [0, 0.1) is 5.92 Å². The number of carbonyl (C=O) groups is 1. The summed E-state index contributed by atoms with van der Waals surface area (Å²) in [4.78, 5) is 11.1. The molecule has 1 aromatic rings. The first-order chi connectivity index (χ1) is 11.4. The molecule has 7 nitrogen and oxygen atoms in total. The Hall–Kier alpha value is -1.16. The molecule has 0 spiro atoms. The van der Waals surface area contributed by atoms with Crippen LogP contribution in [0.15, 0.2) is 18.2 Å². The highest BCUT2D eigenvalue weighted by Gasteiger charge is 2.21. The van der Waals surface area contributed by atoms with Gasteiger partial charge in [0.25, 0.3) is 10.1 Å². The number of anilines is 1. The lowest BCUT2D eigenvalue weighted by atomic mass is 10.1. The highest BCUT2D eigenvalue weighted by molar-refractivity contribution is 9.09. The molecule has 0 atom stereocenters. The maximum atomic E-state index is 11.5. The molecule has 1 aromatic carbocycles. The summed E-state index contributed by atoms with van der Waals surface area (Å²) in [6.07, 6.45) is 2.33. The molecule has 24 heavy (non-hydrogen) atoms. The number of hydrogen-bond acceptors (Lipinski definition) is 6. The molecule has 1 fully saturated rings. The number of hydrogen-bond donors (Lipinski definition) is 2. The fourth-order valence-electron chi connectivity index (χ4n) is 1.99. The van der Waals surface area contributed by atoms with Gasteiger partial charge in [-0.2, -0.15) is 8.42 Å². The Morgan fingerprint density at radius 2 is 2.12 bits per heavy atom. The third-order valence-electron chi connectivity index (χ3n) is 3.49. The molecule has 0 aromatic heterocycles. The molecule has 9 heteroatoms. The lowest BCUT2D eigenvalue weighted by Gasteiger charge is -2.13. The predicted molar refractivity (Wildman–Crippen MR) is 92.9 cm³/mol. The fraction of sp³-hybridized carbons (Fsp3) is 0.533. The molecule has 0 radical (unpaired) electrons. The van der Waals surface area contributed by atoms with Crippen LogP contribution in [0.1, 0.15) is 28.8 Å². The number of nitrogens with one attached hydrogen (secondary N) is 1. The van der Waals surface area contributed by atoms with Crippen molar-refractivity contribution in [2.75, 3.05) is 29.7 Å². The molecule has 0 unspecified atom stereocenters. The second kappa shape index (κ2) is 8.80. The first-order valence-corrected chi connectivity index (χ1v) is 10.2. The Kier molecular flexibility index (Phi) is 7.02. The predicted octanol–water partition coefficient (Wildman–Crippen LogP) is 2.42. The van der Waals surface area contributed by atoms with Gasteiger partial charge in [-0.05, 0) is 37.0 Å². The minimum atomic E-state index is -3.59. The Balaban J connectivity index is 1.98. The van der Waals surface area contributed by atoms with Crippen molar-refractivity contribution in [1.29, 1.82) is 0 Å². The second-order valence-corrected chi connectivity index (χ2v) is 8.08. The molecule has 134 valence electrons. The van der Waals surface area contributed by atoms with Gasteiger partial charge in [-0.1, -0.05) is 15.9 Å². The minimum absolute atomic E-state index is 0.121. The molecule has 1 aliphatic carbocycles. The SMILES string of the molecule is O=C(O)c1ccc(NCOS(=O)(=O)CCBr)c(COCC2CC2)c1. The fourth-order valence-corrected chi connectivity index (χ4v) is 3.72. The maximum Gasteiger partial charge on any atom is 0.335 e. The number of carboxylic acid groups (broad SMARTS) is 1. The Bertz CT molecular complexity index is 675. The van der Waals surface area contributed by atoms with Crippen LogP contribution in [-0.4, -0.2) is 43.9 Å². The number of benzene rings is 1. The van der Waals surface area contributed by atoms with Crippen molar-refractivity contribution in [2.24, 2.45) is 5.92 Å². The average molecular weight is 422 g/mol. The number of halogens is 1. The van der Waals surface area contributed by atoms with Crippen LogP contribution in [0.25, 0.3) is 0 Å². The van der Waals surface area contributed by atoms with Crippen molar-refractivity contribution in [3.8, 4) is 0 Å². The average Bonchev–Trinajstić information content (AvgIpc) is 3.32. The molecular weight excluding hydrogens is 402 g/mol. The van der Waals surface area contributed by atoms with Gasteiger partial charge in [0.15, 0.2) is 0 Å². The first kappa shape index (κ1) is 19.2. The van der Waals surface area contributed by atoms with Crippen molar-refractivity contribution < 1.29 is 27.2 Å². The summed E-state index contributed by atoms with van der Waals surface area (Å²) in [6.45, 7) is 0.679. The topological polar surface area (TPSA) is 102 Å². The molecule has 0 aliphatic heterocycles. The van der Waals surface area contributed by atoms with Crippen molar-refractivity contribution in [3.63, 3.8) is 0 Å². The zero-order valence-electron chi connectivity index (χ0n) is 13.0. The van der Waals surface area contributed by atoms with Crippen LogP contribution in [0.2, 0.25) is 0 Å². The summed E-state index contributed by atoms with van der Waals surface area (Å²) in [5.41, 5.74) is 1.39. The summed E-state index contributed by atoms with van der Waals surface area (Å²) in [5, 5.41) is 12.2. The maximum absolute atomic E-state index is 11.5. The number of alkyl halides is 1. The lowest BCUT2D eigenvalue weighted by Crippen LogP contribution is -2.17. The van der Waals surface area contributed by atoms with Crippen molar-refractivity contribution in [1.82, 2.24) is 0 Å². The van der Waals surface area contributed by atoms with Gasteiger partial charge in [-0.25, -0.2) is 8.98 Å². The number of carboxylic acids is 1. The number of aromatic carboxylic acids is 1. The molecule has 0 heterocycles. The summed E-state index contributed by atoms with van der Waals surface area (Å²) < 4.78 is 33.5. The minimum Gasteiger partial charge on any atom is -0.478 e. The van der Waals surface area contributed by atoms with E-state index in [4.69, 9.17) is 14.0 Å². The summed E-state index contributed by atoms with van der Waals surface area (Å²) in [7, 11) is -3.59. The van der Waals surface area contributed by atoms with Crippen molar-refractivity contribution in [2.45, 2.75) is 19.4 Å². The third-order valence-corrected chi connectivity index (χ3v) is 5.59. The van der Waals surface area contributed by atoms with E-state index in [-0.39, 0.29) is 24.7 Å². The van der Waals surface area contributed by atoms with E-state index in [9.17, 15) is 13.2 Å². The molecule has 1 aliphatic rings. The highest BCUT2D eigenvalue weighted by Crippen LogP contribution is 2.29. The van der Waals surface area contributed by atoms with Crippen molar-refractivity contribution in [3.05, 3.63) is 29.3 Å². The van der Waals surface area contributed by atoms with Crippen molar-refractivity contribution >= 4 is 37.7 Å². The first-order valence-electron chi connectivity index (χ1n) is 7.52. The zero-order valence-corrected chi connectivity index (χ0v) is 15.4. The van der Waals surface area contributed by atoms with E-state index in [1.54, 1.807) is 6.07 Å². The Morgan fingerprint density at radius 3 is 2.75 bits per heavy atom. The van der Waals surface area contributed by atoms with Gasteiger partial charge < -0.3 is 15.2 Å². The highest BCUT2D eigenvalue weighted by atomic mass is 79.9. The largest absolute Gasteiger partial charge is 0.478 e. The molecule has 2 N–H and O–H groups in total. The quantitative estimate of drug-likeness (QED) is 0.321. The summed E-state index contributed by atoms with van der Waals surface area (Å²) in [6, 6.07) is 4.55. The number of rotatable bonds is 11. The Labute approximate surface area is 149 Å². The van der Waals surface area contributed by atoms with E-state index < -0.39 is 16.1 Å². The van der Waals surface area contributed by atoms with Gasteiger partial charge in [0.05, 0.1) is 17.9 Å².